The van der Waals surface area contributed by atoms with Gasteiger partial charge in [-0.25, -0.2) is 4.98 Å². The molecule has 2 aromatic heterocycles. The van der Waals surface area contributed by atoms with Gasteiger partial charge in [-0.1, -0.05) is 0 Å². The lowest BCUT2D eigenvalue weighted by Crippen LogP contribution is -2.53. The van der Waals surface area contributed by atoms with Crippen LogP contribution in [0.5, 0.6) is 0 Å². The van der Waals surface area contributed by atoms with Crippen molar-refractivity contribution in [3.8, 4) is 0 Å². The van der Waals surface area contributed by atoms with Crippen LogP contribution in [0.1, 0.15) is 16.8 Å². The van der Waals surface area contributed by atoms with Gasteiger partial charge < -0.3 is 4.90 Å². The molecular weight excluding hydrogens is 470 g/mol. The van der Waals surface area contributed by atoms with Gasteiger partial charge in [0.1, 0.15) is 12.4 Å². The van der Waals surface area contributed by atoms with Gasteiger partial charge in [0.05, 0.1) is 24.3 Å². The van der Waals surface area contributed by atoms with Crippen molar-refractivity contribution in [3.63, 3.8) is 0 Å². The summed E-state index contributed by atoms with van der Waals surface area (Å²) in [4.78, 5) is 33.4. The summed E-state index contributed by atoms with van der Waals surface area (Å²) in [6.07, 6.45) is -6.63. The van der Waals surface area contributed by atoms with Gasteiger partial charge in [-0.05, 0) is 12.1 Å². The number of halogens is 6. The fraction of sp³-hybridized carbons (Fsp3) is 0.500. The largest absolute Gasteiger partial charge is 0.417 e. The smallest absolute Gasteiger partial charge is 0.337 e. The summed E-state index contributed by atoms with van der Waals surface area (Å²) in [5.74, 6) is -0.577. The summed E-state index contributed by atoms with van der Waals surface area (Å²) in [6, 6.07) is 1.98. The number of pyridine rings is 1. The molecule has 2 aromatic rings. The molecule has 0 aromatic carbocycles. The Morgan fingerprint density at radius 3 is 2.41 bits per heavy atom. The summed E-state index contributed by atoms with van der Waals surface area (Å²) in [6.45, 7) is -0.480. The molecule has 34 heavy (non-hydrogen) atoms. The summed E-state index contributed by atoms with van der Waals surface area (Å²) < 4.78 is 76.7. The minimum atomic E-state index is -4.53. The molecule has 0 radical (unpaired) electrons. The van der Waals surface area contributed by atoms with Gasteiger partial charge in [-0.3, -0.25) is 24.1 Å². The van der Waals surface area contributed by atoms with Gasteiger partial charge in [0.25, 0.3) is 0 Å². The Morgan fingerprint density at radius 1 is 1.03 bits per heavy atom. The molecule has 8 nitrogen and oxygen atoms in total. The molecular formula is C20H20F6N6O2. The van der Waals surface area contributed by atoms with Crippen LogP contribution >= 0.6 is 0 Å². The Morgan fingerprint density at radius 2 is 1.79 bits per heavy atom. The van der Waals surface area contributed by atoms with Crippen molar-refractivity contribution >= 4 is 17.6 Å². The van der Waals surface area contributed by atoms with Crippen molar-refractivity contribution in [2.24, 2.45) is 0 Å². The third-order valence-electron chi connectivity index (χ3n) is 5.61. The summed E-state index contributed by atoms with van der Waals surface area (Å²) >= 11 is 0. The van der Waals surface area contributed by atoms with Crippen LogP contribution in [0.25, 0.3) is 0 Å². The number of carbonyl (C=O) groups is 2. The van der Waals surface area contributed by atoms with Gasteiger partial charge in [0.15, 0.2) is 0 Å². The highest BCUT2D eigenvalue weighted by Gasteiger charge is 2.33. The molecule has 0 N–H and O–H groups in total. The first-order chi connectivity index (χ1) is 15.9. The van der Waals surface area contributed by atoms with E-state index in [0.29, 0.717) is 37.0 Å². The Bertz CT molecular complexity index is 1060. The minimum Gasteiger partial charge on any atom is -0.337 e. The lowest BCUT2D eigenvalue weighted by Gasteiger charge is -2.35. The first-order valence-corrected chi connectivity index (χ1v) is 10.3. The highest BCUT2D eigenvalue weighted by Crippen LogP contribution is 2.29. The second kappa shape index (κ2) is 8.89. The molecule has 4 rings (SSSR count). The zero-order valence-electron chi connectivity index (χ0n) is 17.7. The third kappa shape index (κ3) is 5.48. The Labute approximate surface area is 189 Å². The fourth-order valence-electron chi connectivity index (χ4n) is 3.95. The number of piperazine rings is 1. The molecule has 1 saturated heterocycles. The minimum absolute atomic E-state index is 0.0635. The summed E-state index contributed by atoms with van der Waals surface area (Å²) in [5, 5.41) is 3.94. The average Bonchev–Trinajstić information content (AvgIpc) is 3.13. The van der Waals surface area contributed by atoms with Crippen molar-refractivity contribution in [2.45, 2.75) is 31.9 Å². The number of hydrogen-bond donors (Lipinski definition) is 0. The Kier molecular flexibility index (Phi) is 6.27. The van der Waals surface area contributed by atoms with Gasteiger partial charge >= 0.3 is 12.4 Å². The van der Waals surface area contributed by atoms with E-state index in [0.717, 1.165) is 16.8 Å². The zero-order valence-corrected chi connectivity index (χ0v) is 17.7. The number of hydrogen-bond acceptors (Lipinski definition) is 5. The van der Waals surface area contributed by atoms with E-state index in [1.165, 1.54) is 16.0 Å². The van der Waals surface area contributed by atoms with Crippen LogP contribution in [-0.4, -0.2) is 75.3 Å². The first kappa shape index (κ1) is 24.0. The van der Waals surface area contributed by atoms with Crippen LogP contribution in [0.15, 0.2) is 24.5 Å². The molecule has 0 bridgehead atoms. The Balaban J connectivity index is 1.32. The lowest BCUT2D eigenvalue weighted by molar-refractivity contribution is -0.142. The average molecular weight is 490 g/mol. The molecule has 0 saturated carbocycles. The molecule has 0 atom stereocenters. The number of carbonyl (C=O) groups excluding carboxylic acids is 2. The lowest BCUT2D eigenvalue weighted by atomic mass is 10.1. The quantitative estimate of drug-likeness (QED) is 0.614. The number of aromatic nitrogens is 3. The van der Waals surface area contributed by atoms with E-state index in [9.17, 15) is 35.9 Å². The molecule has 4 heterocycles. The number of alkyl halides is 6. The van der Waals surface area contributed by atoms with E-state index in [4.69, 9.17) is 0 Å². The molecule has 1 fully saturated rings. The molecule has 2 amide bonds. The van der Waals surface area contributed by atoms with E-state index in [1.807, 2.05) is 0 Å². The monoisotopic (exact) mass is 490 g/mol. The maximum Gasteiger partial charge on any atom is 0.417 e. The number of rotatable bonds is 4. The van der Waals surface area contributed by atoms with Crippen molar-refractivity contribution < 1.29 is 35.9 Å². The number of fused-ring (bicyclic) bond motifs is 1. The van der Waals surface area contributed by atoms with Crippen LogP contribution in [0, 0.1) is 0 Å². The molecule has 184 valence electrons. The van der Waals surface area contributed by atoms with E-state index < -0.39 is 30.4 Å². The van der Waals surface area contributed by atoms with Crippen LogP contribution < -0.4 is 4.90 Å². The second-order valence-electron chi connectivity index (χ2n) is 8.14. The maximum atomic E-state index is 12.7. The molecule has 0 unspecified atom stereocenters. The molecule has 14 heteroatoms. The highest BCUT2D eigenvalue weighted by molar-refractivity contribution is 5.95. The predicted octanol–water partition coefficient (Wildman–Crippen LogP) is 2.09. The van der Waals surface area contributed by atoms with Crippen LogP contribution in [0.2, 0.25) is 0 Å². The van der Waals surface area contributed by atoms with E-state index in [2.05, 4.69) is 10.1 Å². The van der Waals surface area contributed by atoms with Gasteiger partial charge in [-0.15, -0.1) is 0 Å². The SMILES string of the molecule is O=C(CN1CCN(c2ccc(C(F)(F)F)cn2)C(=O)C1)N1CCc2nn(CC(F)(F)F)cc2C1. The van der Waals surface area contributed by atoms with Crippen molar-refractivity contribution in [1.82, 2.24) is 24.6 Å². The topological polar surface area (TPSA) is 74.6 Å². The molecule has 0 spiro atoms. The van der Waals surface area contributed by atoms with Gasteiger partial charge in [0.2, 0.25) is 11.8 Å². The normalized spacial score (nSPS) is 17.8. The predicted molar refractivity (Wildman–Crippen MR) is 105 cm³/mol. The van der Waals surface area contributed by atoms with Crippen molar-refractivity contribution in [1.29, 1.82) is 0 Å². The van der Waals surface area contributed by atoms with E-state index in [-0.39, 0.29) is 37.9 Å². The number of amides is 2. The standard InChI is InChI=1S/C20H20F6N6O2/c21-19(22,23)12-31-9-13-8-30(4-3-15(13)28-31)17(33)10-29-5-6-32(18(34)11-29)16-2-1-14(7-27-16)20(24,25)26/h1-2,7,9H,3-6,8,10-12H2. The maximum absolute atomic E-state index is 12.7. The van der Waals surface area contributed by atoms with E-state index in [1.54, 1.807) is 4.90 Å². The summed E-state index contributed by atoms with van der Waals surface area (Å²) in [7, 11) is 0. The first-order valence-electron chi connectivity index (χ1n) is 10.3. The second-order valence-corrected chi connectivity index (χ2v) is 8.14. The molecule has 2 aliphatic heterocycles. The van der Waals surface area contributed by atoms with Crippen molar-refractivity contribution in [2.75, 3.05) is 37.6 Å². The van der Waals surface area contributed by atoms with Crippen LogP contribution in [0.4, 0.5) is 32.2 Å². The van der Waals surface area contributed by atoms with Crippen LogP contribution in [0.3, 0.4) is 0 Å². The Hall–Kier alpha value is -3.16. The number of nitrogens with zero attached hydrogens (tertiary/aromatic N) is 6. The molecule has 0 aliphatic carbocycles. The van der Waals surface area contributed by atoms with Crippen molar-refractivity contribution in [3.05, 3.63) is 41.3 Å². The van der Waals surface area contributed by atoms with Crippen LogP contribution in [-0.2, 0) is 35.3 Å². The molecule has 2 aliphatic rings. The van der Waals surface area contributed by atoms with Gasteiger partial charge in [-0.2, -0.15) is 31.4 Å². The van der Waals surface area contributed by atoms with Gasteiger partial charge in [0, 0.05) is 50.6 Å². The van der Waals surface area contributed by atoms with E-state index >= 15 is 0 Å². The fourth-order valence-corrected chi connectivity index (χ4v) is 3.95. The third-order valence-corrected chi connectivity index (χ3v) is 5.61. The highest BCUT2D eigenvalue weighted by atomic mass is 19.4. The summed E-state index contributed by atoms with van der Waals surface area (Å²) in [5.41, 5.74) is 0.167. The zero-order chi connectivity index (χ0) is 24.7. The number of anilines is 1.